The molecule has 0 saturated heterocycles. The summed E-state index contributed by atoms with van der Waals surface area (Å²) >= 11 is 0. The molecule has 2 bridgehead atoms. The maximum atomic E-state index is 2.59. The SMILES string of the molecule is CC12CC3CC4CC(C1C3)C42. The zero-order valence-corrected chi connectivity index (χ0v) is 7.22. The Bertz CT molecular complexity index is 219. The molecule has 0 aromatic rings. The van der Waals surface area contributed by atoms with Gasteiger partial charge in [0.25, 0.3) is 0 Å². The van der Waals surface area contributed by atoms with E-state index < -0.39 is 0 Å². The van der Waals surface area contributed by atoms with Gasteiger partial charge in [0.05, 0.1) is 0 Å². The van der Waals surface area contributed by atoms with Crippen molar-refractivity contribution in [2.75, 3.05) is 0 Å². The molecule has 60 valence electrons. The summed E-state index contributed by atoms with van der Waals surface area (Å²) in [6.07, 6.45) is 6.47. The molecule has 0 aromatic carbocycles. The van der Waals surface area contributed by atoms with Crippen molar-refractivity contribution in [1.29, 1.82) is 0 Å². The van der Waals surface area contributed by atoms with Crippen LogP contribution < -0.4 is 0 Å². The minimum Gasteiger partial charge on any atom is -0.0591 e. The maximum Gasteiger partial charge on any atom is -0.0258 e. The van der Waals surface area contributed by atoms with Gasteiger partial charge in [-0.3, -0.25) is 0 Å². The van der Waals surface area contributed by atoms with Gasteiger partial charge in [-0.1, -0.05) is 6.92 Å². The van der Waals surface area contributed by atoms with Crippen LogP contribution in [0.2, 0.25) is 0 Å². The largest absolute Gasteiger partial charge is 0.0591 e. The Balaban J connectivity index is 1.89. The van der Waals surface area contributed by atoms with Crippen LogP contribution in [0.25, 0.3) is 0 Å². The fourth-order valence-electron chi connectivity index (χ4n) is 5.50. The minimum absolute atomic E-state index is 0.872. The first-order valence-electron chi connectivity index (χ1n) is 5.29. The summed E-state index contributed by atoms with van der Waals surface area (Å²) in [4.78, 5) is 0. The first-order valence-corrected chi connectivity index (χ1v) is 5.29. The van der Waals surface area contributed by atoms with E-state index >= 15 is 0 Å². The zero-order chi connectivity index (χ0) is 7.22. The zero-order valence-electron chi connectivity index (χ0n) is 7.22. The van der Waals surface area contributed by atoms with Crippen molar-refractivity contribution in [2.24, 2.45) is 35.0 Å². The van der Waals surface area contributed by atoms with Gasteiger partial charge in [0.1, 0.15) is 0 Å². The Hall–Kier alpha value is 0. The van der Waals surface area contributed by atoms with E-state index in [0.29, 0.717) is 0 Å². The Morgan fingerprint density at radius 3 is 3.00 bits per heavy atom. The van der Waals surface area contributed by atoms with Gasteiger partial charge in [0.15, 0.2) is 0 Å². The van der Waals surface area contributed by atoms with E-state index in [-0.39, 0.29) is 0 Å². The highest BCUT2D eigenvalue weighted by Crippen LogP contribution is 2.79. The number of hydrogen-bond acceptors (Lipinski definition) is 0. The molecule has 4 saturated carbocycles. The molecule has 4 rings (SSSR count). The van der Waals surface area contributed by atoms with Crippen LogP contribution in [0.5, 0.6) is 0 Å². The second-order valence-electron chi connectivity index (χ2n) is 5.84. The fourth-order valence-corrected chi connectivity index (χ4v) is 5.50. The normalized spacial score (nSPS) is 75.5. The summed E-state index contributed by atoms with van der Waals surface area (Å²) in [6.45, 7) is 2.59. The van der Waals surface area contributed by atoms with Gasteiger partial charge in [-0.05, 0) is 60.7 Å². The molecule has 11 heavy (non-hydrogen) atoms. The molecular weight excluding hydrogens is 132 g/mol. The first kappa shape index (κ1) is 5.61. The third-order valence-corrected chi connectivity index (χ3v) is 5.62. The summed E-state index contributed by atoms with van der Waals surface area (Å²) < 4.78 is 0. The van der Waals surface area contributed by atoms with Crippen molar-refractivity contribution in [3.05, 3.63) is 0 Å². The molecule has 0 amide bonds. The van der Waals surface area contributed by atoms with Crippen LogP contribution >= 0.6 is 0 Å². The summed E-state index contributed by atoms with van der Waals surface area (Å²) in [5.41, 5.74) is 0.872. The van der Waals surface area contributed by atoms with Gasteiger partial charge in [-0.25, -0.2) is 0 Å². The molecule has 0 aromatic heterocycles. The monoisotopic (exact) mass is 148 g/mol. The van der Waals surface area contributed by atoms with Crippen LogP contribution in [0.15, 0.2) is 0 Å². The fraction of sp³-hybridized carbons (Fsp3) is 1.00. The summed E-state index contributed by atoms with van der Waals surface area (Å²) in [5, 5.41) is 0. The molecule has 6 atom stereocenters. The van der Waals surface area contributed by atoms with Crippen LogP contribution in [0.1, 0.15) is 32.6 Å². The molecule has 4 aliphatic rings. The Labute approximate surface area is 68.4 Å². The molecule has 0 N–H and O–H groups in total. The topological polar surface area (TPSA) is 0 Å². The highest BCUT2D eigenvalue weighted by molar-refractivity contribution is 5.21. The van der Waals surface area contributed by atoms with Crippen LogP contribution in [0.4, 0.5) is 0 Å². The van der Waals surface area contributed by atoms with Gasteiger partial charge in [0, 0.05) is 0 Å². The number of fused-ring (bicyclic) bond motifs is 2. The summed E-state index contributed by atoms with van der Waals surface area (Å²) in [6, 6.07) is 0. The van der Waals surface area contributed by atoms with Crippen molar-refractivity contribution in [2.45, 2.75) is 32.6 Å². The third kappa shape index (κ3) is 0.381. The molecule has 0 aliphatic heterocycles. The van der Waals surface area contributed by atoms with E-state index in [1.807, 2.05) is 0 Å². The number of rotatable bonds is 0. The highest BCUT2D eigenvalue weighted by atomic mass is 14.8. The van der Waals surface area contributed by atoms with Gasteiger partial charge in [-0.15, -0.1) is 0 Å². The van der Waals surface area contributed by atoms with Crippen molar-refractivity contribution < 1.29 is 0 Å². The highest BCUT2D eigenvalue weighted by Gasteiger charge is 2.72. The van der Waals surface area contributed by atoms with Crippen LogP contribution in [0.3, 0.4) is 0 Å². The molecule has 0 heteroatoms. The van der Waals surface area contributed by atoms with Crippen LogP contribution in [0, 0.1) is 35.0 Å². The second kappa shape index (κ2) is 1.30. The Morgan fingerprint density at radius 1 is 1.18 bits per heavy atom. The smallest absolute Gasteiger partial charge is 0.0258 e. The lowest BCUT2D eigenvalue weighted by Crippen LogP contribution is -2.63. The summed E-state index contributed by atoms with van der Waals surface area (Å²) in [7, 11) is 0. The summed E-state index contributed by atoms with van der Waals surface area (Å²) in [5.74, 6) is 5.99. The van der Waals surface area contributed by atoms with E-state index in [1.165, 1.54) is 29.6 Å². The van der Waals surface area contributed by atoms with Crippen molar-refractivity contribution >= 4 is 0 Å². The van der Waals surface area contributed by atoms with E-state index in [4.69, 9.17) is 0 Å². The molecule has 0 nitrogen and oxygen atoms in total. The number of hydrogen-bond donors (Lipinski definition) is 0. The van der Waals surface area contributed by atoms with Gasteiger partial charge in [-0.2, -0.15) is 0 Å². The minimum atomic E-state index is 0.872. The molecule has 0 heterocycles. The molecule has 0 radical (unpaired) electrons. The molecule has 4 aliphatic carbocycles. The Morgan fingerprint density at radius 2 is 2.09 bits per heavy atom. The van der Waals surface area contributed by atoms with E-state index in [9.17, 15) is 0 Å². The average Bonchev–Trinajstić information content (AvgIpc) is 2.12. The van der Waals surface area contributed by atoms with Crippen molar-refractivity contribution in [1.82, 2.24) is 0 Å². The predicted molar refractivity (Wildman–Crippen MR) is 44.0 cm³/mol. The lowest BCUT2D eigenvalue weighted by atomic mass is 9.36. The third-order valence-electron chi connectivity index (χ3n) is 5.62. The quantitative estimate of drug-likeness (QED) is 0.495. The van der Waals surface area contributed by atoms with Gasteiger partial charge < -0.3 is 0 Å². The van der Waals surface area contributed by atoms with E-state index in [0.717, 1.165) is 5.41 Å². The second-order valence-corrected chi connectivity index (χ2v) is 5.84. The van der Waals surface area contributed by atoms with Crippen molar-refractivity contribution in [3.8, 4) is 0 Å². The van der Waals surface area contributed by atoms with E-state index in [1.54, 1.807) is 25.7 Å². The predicted octanol–water partition coefficient (Wildman–Crippen LogP) is 2.69. The van der Waals surface area contributed by atoms with Crippen molar-refractivity contribution in [3.63, 3.8) is 0 Å². The lowest BCUT2D eigenvalue weighted by molar-refractivity contribution is -0.208. The maximum absolute atomic E-state index is 2.59. The van der Waals surface area contributed by atoms with Gasteiger partial charge >= 0.3 is 0 Å². The molecule has 0 spiro atoms. The Kier molecular flexibility index (Phi) is 0.661. The lowest BCUT2D eigenvalue weighted by Gasteiger charge is -2.69. The standard InChI is InChI=1S/C11H16/c1-11-5-6-2-7-4-8(10(7)11)9(11)3-6/h6-10H,2-5H2,1H3. The van der Waals surface area contributed by atoms with Crippen LogP contribution in [-0.4, -0.2) is 0 Å². The molecular formula is C11H16. The first-order chi connectivity index (χ1) is 5.29. The van der Waals surface area contributed by atoms with Crippen LogP contribution in [-0.2, 0) is 0 Å². The average molecular weight is 148 g/mol. The van der Waals surface area contributed by atoms with E-state index in [2.05, 4.69) is 6.92 Å². The molecule has 4 fully saturated rings. The molecule has 6 unspecified atom stereocenters. The van der Waals surface area contributed by atoms with Gasteiger partial charge in [0.2, 0.25) is 0 Å².